The molecule has 1 N–H and O–H groups in total. The number of carbonyl (C=O) groups excluding carboxylic acids is 1. The molecule has 3 rings (SSSR count). The SMILES string of the molecule is O=C(Nc1cc(F)ccc1F)c1ccc(OC2CCSC2)nc1. The van der Waals surface area contributed by atoms with Crippen molar-refractivity contribution < 1.29 is 18.3 Å². The Bertz CT molecular complexity index is 704. The van der Waals surface area contributed by atoms with Gasteiger partial charge in [0.25, 0.3) is 5.91 Å². The minimum Gasteiger partial charge on any atom is -0.473 e. The Balaban J connectivity index is 1.66. The third kappa shape index (κ3) is 3.98. The largest absolute Gasteiger partial charge is 0.473 e. The highest BCUT2D eigenvalue weighted by Gasteiger charge is 2.18. The number of rotatable bonds is 4. The first-order valence-electron chi connectivity index (χ1n) is 7.08. The second kappa shape index (κ2) is 6.95. The fourth-order valence-corrected chi connectivity index (χ4v) is 3.24. The summed E-state index contributed by atoms with van der Waals surface area (Å²) in [6, 6.07) is 6.01. The van der Waals surface area contributed by atoms with Crippen LogP contribution in [0.25, 0.3) is 0 Å². The molecule has 1 aromatic heterocycles. The lowest BCUT2D eigenvalue weighted by Crippen LogP contribution is -2.16. The van der Waals surface area contributed by atoms with Gasteiger partial charge in [-0.15, -0.1) is 0 Å². The maximum atomic E-state index is 13.5. The zero-order valence-corrected chi connectivity index (χ0v) is 12.9. The van der Waals surface area contributed by atoms with Crippen molar-refractivity contribution in [2.75, 3.05) is 16.8 Å². The molecule has 120 valence electrons. The number of nitrogens with zero attached hydrogens (tertiary/aromatic N) is 1. The van der Waals surface area contributed by atoms with Crippen LogP contribution in [-0.4, -0.2) is 28.5 Å². The molecule has 7 heteroatoms. The van der Waals surface area contributed by atoms with E-state index < -0.39 is 17.5 Å². The average Bonchev–Trinajstić information content (AvgIpc) is 3.04. The highest BCUT2D eigenvalue weighted by atomic mass is 32.2. The summed E-state index contributed by atoms with van der Waals surface area (Å²) in [5, 5.41) is 2.32. The standard InChI is InChI=1S/C16H14F2N2O2S/c17-11-2-3-13(18)14(7-11)20-16(21)10-1-4-15(19-8-10)22-12-5-6-23-9-12/h1-4,7-8,12H,5-6,9H2,(H,20,21). The molecule has 1 aliphatic heterocycles. The molecule has 1 aliphatic rings. The fraction of sp³-hybridized carbons (Fsp3) is 0.250. The minimum atomic E-state index is -0.702. The van der Waals surface area contributed by atoms with E-state index in [0.717, 1.165) is 36.1 Å². The number of anilines is 1. The molecule has 0 spiro atoms. The quantitative estimate of drug-likeness (QED) is 0.928. The Morgan fingerprint density at radius 1 is 1.30 bits per heavy atom. The molecule has 2 aromatic rings. The van der Waals surface area contributed by atoms with Gasteiger partial charge in [-0.1, -0.05) is 0 Å². The van der Waals surface area contributed by atoms with E-state index in [9.17, 15) is 13.6 Å². The number of nitrogens with one attached hydrogen (secondary N) is 1. The predicted octanol–water partition coefficient (Wildman–Crippen LogP) is 3.50. The second-order valence-corrected chi connectivity index (χ2v) is 6.22. The molecular formula is C16H14F2N2O2S. The lowest BCUT2D eigenvalue weighted by Gasteiger charge is -2.11. The third-order valence-electron chi connectivity index (χ3n) is 3.35. The van der Waals surface area contributed by atoms with Crippen LogP contribution in [0.15, 0.2) is 36.5 Å². The fourth-order valence-electron chi connectivity index (χ4n) is 2.15. The number of carbonyl (C=O) groups is 1. The molecule has 4 nitrogen and oxygen atoms in total. The lowest BCUT2D eigenvalue weighted by molar-refractivity contribution is 0.102. The van der Waals surface area contributed by atoms with Crippen molar-refractivity contribution in [3.63, 3.8) is 0 Å². The molecule has 0 aliphatic carbocycles. The summed E-state index contributed by atoms with van der Waals surface area (Å²) >= 11 is 1.83. The van der Waals surface area contributed by atoms with Crippen LogP contribution in [0.4, 0.5) is 14.5 Å². The highest BCUT2D eigenvalue weighted by Crippen LogP contribution is 2.22. The molecule has 23 heavy (non-hydrogen) atoms. The molecule has 2 heterocycles. The van der Waals surface area contributed by atoms with Gasteiger partial charge in [-0.25, -0.2) is 13.8 Å². The Morgan fingerprint density at radius 2 is 2.17 bits per heavy atom. The summed E-state index contributed by atoms with van der Waals surface area (Å²) in [6.07, 6.45) is 2.48. The maximum Gasteiger partial charge on any atom is 0.257 e. The van der Waals surface area contributed by atoms with Gasteiger partial charge in [0.1, 0.15) is 17.7 Å². The Kier molecular flexibility index (Phi) is 4.76. The van der Waals surface area contributed by atoms with Crippen molar-refractivity contribution in [1.29, 1.82) is 0 Å². The van der Waals surface area contributed by atoms with E-state index in [1.807, 2.05) is 11.8 Å². The normalized spacial score (nSPS) is 17.0. The number of amides is 1. The van der Waals surface area contributed by atoms with Crippen LogP contribution >= 0.6 is 11.8 Å². The van der Waals surface area contributed by atoms with Crippen molar-refractivity contribution in [1.82, 2.24) is 4.98 Å². The van der Waals surface area contributed by atoms with E-state index >= 15 is 0 Å². The number of aromatic nitrogens is 1. The first-order valence-corrected chi connectivity index (χ1v) is 8.24. The van der Waals surface area contributed by atoms with Crippen LogP contribution < -0.4 is 10.1 Å². The molecule has 1 atom stereocenters. The van der Waals surface area contributed by atoms with E-state index in [-0.39, 0.29) is 17.4 Å². The Labute approximate surface area is 136 Å². The van der Waals surface area contributed by atoms with Crippen molar-refractivity contribution >= 4 is 23.4 Å². The van der Waals surface area contributed by atoms with Crippen LogP contribution in [-0.2, 0) is 0 Å². The molecule has 1 unspecified atom stereocenters. The average molecular weight is 336 g/mol. The summed E-state index contributed by atoms with van der Waals surface area (Å²) in [7, 11) is 0. The number of benzene rings is 1. The first kappa shape index (κ1) is 15.7. The molecule has 1 amide bonds. The van der Waals surface area contributed by atoms with Gasteiger partial charge in [0.15, 0.2) is 0 Å². The summed E-state index contributed by atoms with van der Waals surface area (Å²) in [6.45, 7) is 0. The molecule has 1 fully saturated rings. The number of hydrogen-bond donors (Lipinski definition) is 1. The second-order valence-electron chi connectivity index (χ2n) is 5.07. The topological polar surface area (TPSA) is 51.2 Å². The van der Waals surface area contributed by atoms with Gasteiger partial charge in [0, 0.05) is 24.1 Å². The van der Waals surface area contributed by atoms with Crippen molar-refractivity contribution in [2.45, 2.75) is 12.5 Å². The van der Waals surface area contributed by atoms with Crippen LogP contribution in [0.3, 0.4) is 0 Å². The number of thioether (sulfide) groups is 1. The molecule has 1 aromatic carbocycles. The van der Waals surface area contributed by atoms with E-state index in [1.165, 1.54) is 12.3 Å². The number of hydrogen-bond acceptors (Lipinski definition) is 4. The third-order valence-corrected chi connectivity index (χ3v) is 4.48. The molecule has 0 saturated carbocycles. The van der Waals surface area contributed by atoms with Gasteiger partial charge in [0.05, 0.1) is 11.3 Å². The number of halogens is 2. The van der Waals surface area contributed by atoms with E-state index in [1.54, 1.807) is 6.07 Å². The van der Waals surface area contributed by atoms with Crippen LogP contribution in [0.5, 0.6) is 5.88 Å². The molecule has 0 bridgehead atoms. The number of ether oxygens (including phenoxy) is 1. The van der Waals surface area contributed by atoms with Gasteiger partial charge in [-0.2, -0.15) is 11.8 Å². The summed E-state index contributed by atoms with van der Waals surface area (Å²) in [5.41, 5.74) is 0.0279. The predicted molar refractivity (Wildman–Crippen MR) is 84.9 cm³/mol. The van der Waals surface area contributed by atoms with E-state index in [2.05, 4.69) is 10.3 Å². The summed E-state index contributed by atoms with van der Waals surface area (Å²) < 4.78 is 32.3. The van der Waals surface area contributed by atoms with Crippen molar-refractivity contribution in [3.05, 3.63) is 53.7 Å². The van der Waals surface area contributed by atoms with Gasteiger partial charge in [-0.05, 0) is 30.4 Å². The van der Waals surface area contributed by atoms with Gasteiger partial charge < -0.3 is 10.1 Å². The smallest absolute Gasteiger partial charge is 0.257 e. The van der Waals surface area contributed by atoms with E-state index in [4.69, 9.17) is 4.74 Å². The lowest BCUT2D eigenvalue weighted by atomic mass is 10.2. The molecule has 0 radical (unpaired) electrons. The Hall–Kier alpha value is -2.15. The zero-order chi connectivity index (χ0) is 16.2. The van der Waals surface area contributed by atoms with Gasteiger partial charge in [0.2, 0.25) is 5.88 Å². The molecular weight excluding hydrogens is 322 g/mol. The van der Waals surface area contributed by atoms with Crippen LogP contribution in [0.1, 0.15) is 16.8 Å². The highest BCUT2D eigenvalue weighted by molar-refractivity contribution is 7.99. The van der Waals surface area contributed by atoms with Crippen LogP contribution in [0, 0.1) is 11.6 Å². The minimum absolute atomic E-state index is 0.147. The van der Waals surface area contributed by atoms with Gasteiger partial charge >= 0.3 is 0 Å². The first-order chi connectivity index (χ1) is 11.1. The molecule has 1 saturated heterocycles. The summed E-state index contributed by atoms with van der Waals surface area (Å²) in [4.78, 5) is 16.1. The van der Waals surface area contributed by atoms with Gasteiger partial charge in [-0.3, -0.25) is 4.79 Å². The van der Waals surface area contributed by atoms with Crippen LogP contribution in [0.2, 0.25) is 0 Å². The zero-order valence-electron chi connectivity index (χ0n) is 12.1. The van der Waals surface area contributed by atoms with Crippen molar-refractivity contribution in [2.24, 2.45) is 0 Å². The van der Waals surface area contributed by atoms with E-state index in [0.29, 0.717) is 5.88 Å². The number of pyridine rings is 1. The summed E-state index contributed by atoms with van der Waals surface area (Å²) in [5.74, 6) is 0.563. The Morgan fingerprint density at radius 3 is 2.87 bits per heavy atom. The van der Waals surface area contributed by atoms with Crippen molar-refractivity contribution in [3.8, 4) is 5.88 Å². The maximum absolute atomic E-state index is 13.5. The monoisotopic (exact) mass is 336 g/mol.